The summed E-state index contributed by atoms with van der Waals surface area (Å²) in [6, 6.07) is 9.21. The number of nitrogens with zero attached hydrogens (tertiary/aromatic N) is 1. The van der Waals surface area contributed by atoms with Crippen LogP contribution in [0.2, 0.25) is 0 Å². The van der Waals surface area contributed by atoms with Crippen LogP contribution in [0.1, 0.15) is 30.0 Å². The molecule has 0 saturated carbocycles. The van der Waals surface area contributed by atoms with Crippen molar-refractivity contribution >= 4 is 10.9 Å². The highest BCUT2D eigenvalue weighted by atomic mass is 15.0. The smallest absolute Gasteiger partial charge is 0.0515 e. The number of benzene rings is 1. The number of piperidine rings is 1. The van der Waals surface area contributed by atoms with Gasteiger partial charge in [0.2, 0.25) is 0 Å². The fourth-order valence-corrected chi connectivity index (χ4v) is 3.55. The van der Waals surface area contributed by atoms with Crippen molar-refractivity contribution in [2.75, 3.05) is 13.1 Å². The van der Waals surface area contributed by atoms with E-state index in [0.29, 0.717) is 0 Å². The third-order valence-electron chi connectivity index (χ3n) is 4.40. The molecular weight excluding hydrogens is 208 g/mol. The summed E-state index contributed by atoms with van der Waals surface area (Å²) in [5, 5.41) is 4.91. The van der Waals surface area contributed by atoms with Gasteiger partial charge in [-0.25, -0.2) is 0 Å². The number of aryl methyl sites for hydroxylation is 2. The quantitative estimate of drug-likeness (QED) is 0.791. The standard InChI is InChI=1S/C15H18N2/c1-2-12-6-9-17-14(10-13(3-1)15(12)17)11-4-7-16-8-5-11/h1-3,10-11,16H,4-9H2. The van der Waals surface area contributed by atoms with Gasteiger partial charge in [0, 0.05) is 23.5 Å². The summed E-state index contributed by atoms with van der Waals surface area (Å²) in [4.78, 5) is 0. The SMILES string of the molecule is c1cc2c3c(c1)cc(C1CCNCC1)n3CC2. The highest BCUT2D eigenvalue weighted by molar-refractivity contribution is 5.86. The molecule has 4 rings (SSSR count). The van der Waals surface area contributed by atoms with Gasteiger partial charge in [-0.2, -0.15) is 0 Å². The van der Waals surface area contributed by atoms with Gasteiger partial charge in [-0.05, 0) is 44.0 Å². The molecule has 2 aliphatic heterocycles. The molecule has 0 atom stereocenters. The molecule has 88 valence electrons. The lowest BCUT2D eigenvalue weighted by Crippen LogP contribution is -2.27. The van der Waals surface area contributed by atoms with Gasteiger partial charge in [0.15, 0.2) is 0 Å². The van der Waals surface area contributed by atoms with Crippen LogP contribution in [-0.2, 0) is 13.0 Å². The van der Waals surface area contributed by atoms with Crippen LogP contribution >= 0.6 is 0 Å². The number of hydrogen-bond acceptors (Lipinski definition) is 1. The molecule has 0 amide bonds. The van der Waals surface area contributed by atoms with Gasteiger partial charge in [-0.1, -0.05) is 18.2 Å². The van der Waals surface area contributed by atoms with Crippen LogP contribution in [0.3, 0.4) is 0 Å². The van der Waals surface area contributed by atoms with Crippen LogP contribution in [0.5, 0.6) is 0 Å². The molecule has 2 aliphatic rings. The van der Waals surface area contributed by atoms with Gasteiger partial charge in [0.05, 0.1) is 5.52 Å². The molecule has 0 bridgehead atoms. The molecule has 2 aromatic rings. The Morgan fingerprint density at radius 3 is 2.94 bits per heavy atom. The first-order valence-electron chi connectivity index (χ1n) is 6.75. The van der Waals surface area contributed by atoms with Crippen molar-refractivity contribution in [2.45, 2.75) is 31.7 Å². The molecule has 1 aromatic carbocycles. The summed E-state index contributed by atoms with van der Waals surface area (Å²) < 4.78 is 2.58. The van der Waals surface area contributed by atoms with E-state index in [4.69, 9.17) is 0 Å². The van der Waals surface area contributed by atoms with E-state index in [1.807, 2.05) is 0 Å². The first-order chi connectivity index (χ1) is 8.43. The second kappa shape index (κ2) is 3.61. The van der Waals surface area contributed by atoms with E-state index in [1.165, 1.54) is 49.8 Å². The van der Waals surface area contributed by atoms with E-state index in [-0.39, 0.29) is 0 Å². The van der Waals surface area contributed by atoms with E-state index in [2.05, 4.69) is 34.1 Å². The predicted molar refractivity (Wildman–Crippen MR) is 70.5 cm³/mol. The average molecular weight is 226 g/mol. The Balaban J connectivity index is 1.87. The molecule has 1 saturated heterocycles. The van der Waals surface area contributed by atoms with E-state index < -0.39 is 0 Å². The van der Waals surface area contributed by atoms with Crippen LogP contribution in [-0.4, -0.2) is 17.7 Å². The minimum absolute atomic E-state index is 0.773. The maximum absolute atomic E-state index is 3.46. The average Bonchev–Trinajstić information content (AvgIpc) is 2.97. The Hall–Kier alpha value is -1.28. The molecule has 3 heterocycles. The number of para-hydroxylation sites is 1. The van der Waals surface area contributed by atoms with E-state index in [0.717, 1.165) is 5.92 Å². The van der Waals surface area contributed by atoms with Crippen molar-refractivity contribution in [3.05, 3.63) is 35.5 Å². The second-order valence-corrected chi connectivity index (χ2v) is 5.35. The maximum atomic E-state index is 3.46. The Morgan fingerprint density at radius 1 is 1.18 bits per heavy atom. The number of aromatic nitrogens is 1. The lowest BCUT2D eigenvalue weighted by molar-refractivity contribution is 0.442. The summed E-state index contributed by atoms with van der Waals surface area (Å²) in [6.45, 7) is 3.56. The summed E-state index contributed by atoms with van der Waals surface area (Å²) in [5.41, 5.74) is 4.65. The Morgan fingerprint density at radius 2 is 2.06 bits per heavy atom. The summed E-state index contributed by atoms with van der Waals surface area (Å²) >= 11 is 0. The van der Waals surface area contributed by atoms with Crippen LogP contribution in [0, 0.1) is 0 Å². The number of hydrogen-bond donors (Lipinski definition) is 1. The van der Waals surface area contributed by atoms with Crippen LogP contribution in [0.25, 0.3) is 10.9 Å². The zero-order valence-corrected chi connectivity index (χ0v) is 10.1. The van der Waals surface area contributed by atoms with Crippen molar-refractivity contribution in [3.63, 3.8) is 0 Å². The van der Waals surface area contributed by atoms with Gasteiger partial charge in [-0.15, -0.1) is 0 Å². The van der Waals surface area contributed by atoms with Gasteiger partial charge in [-0.3, -0.25) is 0 Å². The summed E-state index contributed by atoms with van der Waals surface area (Å²) in [7, 11) is 0. The molecule has 0 aliphatic carbocycles. The van der Waals surface area contributed by atoms with Gasteiger partial charge < -0.3 is 9.88 Å². The Bertz CT molecular complexity index is 562. The fraction of sp³-hybridized carbons (Fsp3) is 0.467. The van der Waals surface area contributed by atoms with Crippen LogP contribution in [0.15, 0.2) is 24.3 Å². The third kappa shape index (κ3) is 1.37. The largest absolute Gasteiger partial charge is 0.344 e. The number of rotatable bonds is 1. The Kier molecular flexibility index (Phi) is 2.06. The molecule has 2 nitrogen and oxygen atoms in total. The third-order valence-corrected chi connectivity index (χ3v) is 4.40. The summed E-state index contributed by atoms with van der Waals surface area (Å²) in [5.74, 6) is 0.773. The normalized spacial score (nSPS) is 20.2. The van der Waals surface area contributed by atoms with Crippen molar-refractivity contribution in [1.82, 2.24) is 9.88 Å². The van der Waals surface area contributed by atoms with E-state index in [9.17, 15) is 0 Å². The lowest BCUT2D eigenvalue weighted by Gasteiger charge is -2.23. The zero-order chi connectivity index (χ0) is 11.2. The molecule has 0 unspecified atom stereocenters. The lowest BCUT2D eigenvalue weighted by atomic mass is 9.94. The highest BCUT2D eigenvalue weighted by Crippen LogP contribution is 2.35. The number of nitrogens with one attached hydrogen (secondary N) is 1. The zero-order valence-electron chi connectivity index (χ0n) is 10.1. The monoisotopic (exact) mass is 226 g/mol. The first-order valence-corrected chi connectivity index (χ1v) is 6.75. The highest BCUT2D eigenvalue weighted by Gasteiger charge is 2.23. The molecular formula is C15H18N2. The molecule has 17 heavy (non-hydrogen) atoms. The van der Waals surface area contributed by atoms with E-state index >= 15 is 0 Å². The Labute approximate surface area is 102 Å². The van der Waals surface area contributed by atoms with Crippen molar-refractivity contribution < 1.29 is 0 Å². The van der Waals surface area contributed by atoms with E-state index in [1.54, 1.807) is 11.3 Å². The molecule has 2 heteroatoms. The first kappa shape index (κ1) is 9.72. The van der Waals surface area contributed by atoms with Crippen LogP contribution in [0.4, 0.5) is 0 Å². The molecule has 0 spiro atoms. The van der Waals surface area contributed by atoms with Gasteiger partial charge >= 0.3 is 0 Å². The minimum atomic E-state index is 0.773. The molecule has 0 radical (unpaired) electrons. The van der Waals surface area contributed by atoms with Crippen molar-refractivity contribution in [3.8, 4) is 0 Å². The second-order valence-electron chi connectivity index (χ2n) is 5.35. The van der Waals surface area contributed by atoms with Gasteiger partial charge in [0.1, 0.15) is 0 Å². The minimum Gasteiger partial charge on any atom is -0.344 e. The predicted octanol–water partition coefficient (Wildman–Crippen LogP) is 2.66. The summed E-state index contributed by atoms with van der Waals surface area (Å²) in [6.07, 6.45) is 3.82. The fourth-order valence-electron chi connectivity index (χ4n) is 3.55. The molecule has 1 N–H and O–H groups in total. The maximum Gasteiger partial charge on any atom is 0.0515 e. The topological polar surface area (TPSA) is 17.0 Å². The van der Waals surface area contributed by atoms with Crippen molar-refractivity contribution in [1.29, 1.82) is 0 Å². The van der Waals surface area contributed by atoms with Gasteiger partial charge in [0.25, 0.3) is 0 Å². The molecule has 1 aromatic heterocycles. The van der Waals surface area contributed by atoms with Crippen LogP contribution < -0.4 is 5.32 Å². The van der Waals surface area contributed by atoms with Crippen molar-refractivity contribution in [2.24, 2.45) is 0 Å². The molecule has 1 fully saturated rings.